The van der Waals surface area contributed by atoms with Crippen LogP contribution in [0.15, 0.2) is 0 Å². The number of aliphatic carboxylic acids is 1. The molecule has 0 aromatic rings. The summed E-state index contributed by atoms with van der Waals surface area (Å²) in [4.78, 5) is 12.1. The van der Waals surface area contributed by atoms with Crippen molar-refractivity contribution in [2.45, 2.75) is 52.9 Å². The summed E-state index contributed by atoms with van der Waals surface area (Å²) in [5.74, 6) is -0.693. The number of carboxylic acids is 1. The highest BCUT2D eigenvalue weighted by Crippen LogP contribution is 1.91. The van der Waals surface area contributed by atoms with Gasteiger partial charge < -0.3 is 10.0 Å². The minimum Gasteiger partial charge on any atom is -0.481 e. The van der Waals surface area contributed by atoms with Gasteiger partial charge in [0, 0.05) is 6.42 Å². The van der Waals surface area contributed by atoms with E-state index in [9.17, 15) is 4.79 Å². The van der Waals surface area contributed by atoms with Crippen molar-refractivity contribution < 1.29 is 9.90 Å². The molecule has 1 N–H and O–H groups in total. The lowest BCUT2D eigenvalue weighted by Gasteiger charge is -2.12. The Bertz CT molecular complexity index is 132. The molecule has 15 heavy (non-hydrogen) atoms. The third-order valence-corrected chi connectivity index (χ3v) is 1.95. The van der Waals surface area contributed by atoms with Gasteiger partial charge >= 0.3 is 5.97 Å². The van der Waals surface area contributed by atoms with E-state index in [1.165, 1.54) is 25.9 Å². The first-order chi connectivity index (χ1) is 7.08. The van der Waals surface area contributed by atoms with Crippen LogP contribution in [0.1, 0.15) is 52.9 Å². The van der Waals surface area contributed by atoms with Crippen LogP contribution >= 0.6 is 0 Å². The van der Waals surface area contributed by atoms with Crippen molar-refractivity contribution >= 4 is 5.97 Å². The van der Waals surface area contributed by atoms with E-state index in [-0.39, 0.29) is 0 Å². The molecule has 0 unspecified atom stereocenters. The van der Waals surface area contributed by atoms with Gasteiger partial charge in [0.05, 0.1) is 0 Å². The molecule has 0 atom stereocenters. The summed E-state index contributed by atoms with van der Waals surface area (Å²) in [6.45, 7) is 8.89. The fourth-order valence-electron chi connectivity index (χ4n) is 1.20. The van der Waals surface area contributed by atoms with Gasteiger partial charge in [0.2, 0.25) is 0 Å². The number of rotatable bonds is 7. The van der Waals surface area contributed by atoms with Crippen molar-refractivity contribution in [2.75, 3.05) is 20.1 Å². The molecule has 0 aliphatic carbocycles. The van der Waals surface area contributed by atoms with E-state index in [0.29, 0.717) is 6.42 Å². The van der Waals surface area contributed by atoms with Crippen molar-refractivity contribution in [3.8, 4) is 0 Å². The second-order valence-electron chi connectivity index (χ2n) is 3.80. The van der Waals surface area contributed by atoms with Gasteiger partial charge in [-0.05, 0) is 39.4 Å². The summed E-state index contributed by atoms with van der Waals surface area (Å²) in [7, 11) is 2.17. The molecule has 3 nitrogen and oxygen atoms in total. The average molecular weight is 217 g/mol. The SMILES string of the molecule is CCCCC(=O)O.CCCN(C)CCC. The Kier molecular flexibility index (Phi) is 15.1. The Labute approximate surface area is 94.5 Å². The molecule has 0 rings (SSSR count). The maximum atomic E-state index is 9.76. The van der Waals surface area contributed by atoms with Gasteiger partial charge in [0.15, 0.2) is 0 Å². The largest absolute Gasteiger partial charge is 0.481 e. The van der Waals surface area contributed by atoms with Crippen molar-refractivity contribution in [3.05, 3.63) is 0 Å². The molecule has 0 spiro atoms. The van der Waals surface area contributed by atoms with Gasteiger partial charge in [-0.3, -0.25) is 4.79 Å². The lowest BCUT2D eigenvalue weighted by atomic mass is 10.3. The van der Waals surface area contributed by atoms with E-state index < -0.39 is 5.97 Å². The first-order valence-electron chi connectivity index (χ1n) is 5.98. The third-order valence-electron chi connectivity index (χ3n) is 1.95. The van der Waals surface area contributed by atoms with Crippen molar-refractivity contribution in [1.82, 2.24) is 4.90 Å². The van der Waals surface area contributed by atoms with Crippen LogP contribution in [-0.2, 0) is 4.79 Å². The molecule has 3 heteroatoms. The van der Waals surface area contributed by atoms with E-state index in [1.54, 1.807) is 0 Å². The number of hydrogen-bond donors (Lipinski definition) is 1. The standard InChI is InChI=1S/C7H17N.C5H10O2/c1-4-6-8(3)7-5-2;1-2-3-4-5(6)7/h4-7H2,1-3H3;2-4H2,1H3,(H,6,7). The van der Waals surface area contributed by atoms with Crippen LogP contribution < -0.4 is 0 Å². The lowest BCUT2D eigenvalue weighted by molar-refractivity contribution is -0.137. The summed E-state index contributed by atoms with van der Waals surface area (Å²) in [5.41, 5.74) is 0. The van der Waals surface area contributed by atoms with Crippen LogP contribution in [0.25, 0.3) is 0 Å². The zero-order chi connectivity index (χ0) is 12.1. The van der Waals surface area contributed by atoms with Gasteiger partial charge in [-0.25, -0.2) is 0 Å². The van der Waals surface area contributed by atoms with Crippen molar-refractivity contribution in [1.29, 1.82) is 0 Å². The summed E-state index contributed by atoms with van der Waals surface area (Å²) < 4.78 is 0. The molecule has 0 radical (unpaired) electrons. The highest BCUT2D eigenvalue weighted by Gasteiger charge is 1.91. The third kappa shape index (κ3) is 19.7. The molecule has 0 saturated heterocycles. The second kappa shape index (κ2) is 13.4. The quantitative estimate of drug-likeness (QED) is 0.712. The predicted octanol–water partition coefficient (Wildman–Crippen LogP) is 3.00. The van der Waals surface area contributed by atoms with Crippen molar-refractivity contribution in [2.24, 2.45) is 0 Å². The highest BCUT2D eigenvalue weighted by atomic mass is 16.4. The van der Waals surface area contributed by atoms with Crippen LogP contribution in [0, 0.1) is 0 Å². The number of nitrogens with zero attached hydrogens (tertiary/aromatic N) is 1. The molecule has 0 aliphatic heterocycles. The van der Waals surface area contributed by atoms with Crippen LogP contribution in [0.2, 0.25) is 0 Å². The predicted molar refractivity (Wildman–Crippen MR) is 65.2 cm³/mol. The highest BCUT2D eigenvalue weighted by molar-refractivity contribution is 5.66. The Morgan fingerprint density at radius 2 is 1.53 bits per heavy atom. The molecule has 0 bridgehead atoms. The van der Waals surface area contributed by atoms with Gasteiger partial charge in [-0.2, -0.15) is 0 Å². The Morgan fingerprint density at radius 3 is 1.73 bits per heavy atom. The second-order valence-corrected chi connectivity index (χ2v) is 3.80. The molecule has 0 heterocycles. The fourth-order valence-corrected chi connectivity index (χ4v) is 1.20. The summed E-state index contributed by atoms with van der Waals surface area (Å²) in [6, 6.07) is 0. The molecular formula is C12H27NO2. The molecule has 0 aromatic carbocycles. The first kappa shape index (κ1) is 16.8. The maximum absolute atomic E-state index is 9.76. The summed E-state index contributed by atoms with van der Waals surface area (Å²) >= 11 is 0. The number of carboxylic acid groups (broad SMARTS) is 1. The molecule has 0 saturated carbocycles. The monoisotopic (exact) mass is 217 g/mol. The first-order valence-corrected chi connectivity index (χ1v) is 5.98. The Balaban J connectivity index is 0. The van der Waals surface area contributed by atoms with Crippen LogP contribution in [0.5, 0.6) is 0 Å². The molecule has 0 amide bonds. The number of unbranched alkanes of at least 4 members (excludes halogenated alkanes) is 1. The molecule has 0 fully saturated rings. The van der Waals surface area contributed by atoms with E-state index in [2.05, 4.69) is 25.8 Å². The minimum absolute atomic E-state index is 0.316. The smallest absolute Gasteiger partial charge is 0.303 e. The molecular weight excluding hydrogens is 190 g/mol. The van der Waals surface area contributed by atoms with E-state index in [4.69, 9.17) is 5.11 Å². The topological polar surface area (TPSA) is 40.5 Å². The zero-order valence-electron chi connectivity index (χ0n) is 10.8. The van der Waals surface area contributed by atoms with Crippen LogP contribution in [-0.4, -0.2) is 36.1 Å². The van der Waals surface area contributed by atoms with Crippen molar-refractivity contribution in [3.63, 3.8) is 0 Å². The molecule has 0 aromatic heterocycles. The van der Waals surface area contributed by atoms with Gasteiger partial charge in [0.1, 0.15) is 0 Å². The number of hydrogen-bond acceptors (Lipinski definition) is 2. The van der Waals surface area contributed by atoms with Gasteiger partial charge in [-0.1, -0.05) is 27.2 Å². The minimum atomic E-state index is -0.693. The molecule has 0 aliphatic rings. The maximum Gasteiger partial charge on any atom is 0.303 e. The van der Waals surface area contributed by atoms with Crippen LogP contribution in [0.3, 0.4) is 0 Å². The Hall–Kier alpha value is -0.570. The number of carbonyl (C=O) groups is 1. The normalized spacial score (nSPS) is 9.67. The molecule has 92 valence electrons. The zero-order valence-corrected chi connectivity index (χ0v) is 10.8. The van der Waals surface area contributed by atoms with Gasteiger partial charge in [0.25, 0.3) is 0 Å². The van der Waals surface area contributed by atoms with E-state index >= 15 is 0 Å². The fraction of sp³-hybridized carbons (Fsp3) is 0.917. The summed E-state index contributed by atoms with van der Waals surface area (Å²) in [5, 5.41) is 8.04. The summed E-state index contributed by atoms with van der Waals surface area (Å²) in [6.07, 6.45) is 4.63. The van der Waals surface area contributed by atoms with E-state index in [0.717, 1.165) is 12.8 Å². The van der Waals surface area contributed by atoms with E-state index in [1.807, 2.05) is 6.92 Å². The van der Waals surface area contributed by atoms with Crippen LogP contribution in [0.4, 0.5) is 0 Å². The Morgan fingerprint density at radius 1 is 1.07 bits per heavy atom. The lowest BCUT2D eigenvalue weighted by Crippen LogP contribution is -2.19. The van der Waals surface area contributed by atoms with Gasteiger partial charge in [-0.15, -0.1) is 0 Å². The average Bonchev–Trinajstić information content (AvgIpc) is 2.16.